The molecule has 20 heavy (non-hydrogen) atoms. The fraction of sp³-hybridized carbons (Fsp3) is 0.562. The average Bonchev–Trinajstić information content (AvgIpc) is 2.44. The molecule has 0 saturated heterocycles. The third-order valence-corrected chi connectivity index (χ3v) is 5.23. The minimum atomic E-state index is 0.0100. The monoisotopic (exact) mass is 405 g/mol. The Hall–Kier alpha value is -0.290. The van der Waals surface area contributed by atoms with Crippen molar-refractivity contribution in [2.75, 3.05) is 0 Å². The van der Waals surface area contributed by atoms with Crippen molar-refractivity contribution < 1.29 is 4.79 Å². The fourth-order valence-electron chi connectivity index (χ4n) is 2.94. The van der Waals surface area contributed by atoms with Crippen molar-refractivity contribution in [3.8, 4) is 0 Å². The molecule has 1 aromatic rings. The minimum Gasteiger partial charge on any atom is -0.349 e. The van der Waals surface area contributed by atoms with E-state index in [1.807, 2.05) is 12.1 Å². The third-order valence-electron chi connectivity index (χ3n) is 4.05. The van der Waals surface area contributed by atoms with Gasteiger partial charge in [-0.2, -0.15) is 0 Å². The van der Waals surface area contributed by atoms with Crippen molar-refractivity contribution in [2.45, 2.75) is 51.5 Å². The van der Waals surface area contributed by atoms with Crippen LogP contribution in [0, 0.1) is 9.49 Å². The Morgan fingerprint density at radius 2 is 2.05 bits per heavy atom. The molecule has 2 nitrogen and oxygen atoms in total. The standard InChI is InChI=1S/C16H21ClINO/c1-2-3-11-4-7-13(8-5-11)19-16(20)14-10-12(17)6-9-15(14)18/h6,9-11,13H,2-5,7-8H2,1H3,(H,19,20). The number of hydrogen-bond acceptors (Lipinski definition) is 1. The zero-order valence-electron chi connectivity index (χ0n) is 11.8. The average molecular weight is 406 g/mol. The lowest BCUT2D eigenvalue weighted by Crippen LogP contribution is -2.38. The molecular weight excluding hydrogens is 385 g/mol. The summed E-state index contributed by atoms with van der Waals surface area (Å²) in [5.41, 5.74) is 0.689. The number of rotatable bonds is 4. The van der Waals surface area contributed by atoms with E-state index in [4.69, 9.17) is 11.6 Å². The molecule has 110 valence electrons. The van der Waals surface area contributed by atoms with E-state index in [2.05, 4.69) is 34.8 Å². The van der Waals surface area contributed by atoms with E-state index >= 15 is 0 Å². The predicted octanol–water partition coefficient (Wildman–Crippen LogP) is 5.03. The van der Waals surface area contributed by atoms with E-state index in [-0.39, 0.29) is 5.91 Å². The zero-order chi connectivity index (χ0) is 14.5. The van der Waals surface area contributed by atoms with Crippen LogP contribution in [0.3, 0.4) is 0 Å². The summed E-state index contributed by atoms with van der Waals surface area (Å²) < 4.78 is 0.948. The second kappa shape index (κ2) is 7.64. The summed E-state index contributed by atoms with van der Waals surface area (Å²) in [4.78, 5) is 12.3. The molecule has 1 aliphatic rings. The molecule has 1 N–H and O–H groups in total. The summed E-state index contributed by atoms with van der Waals surface area (Å²) in [6.07, 6.45) is 7.28. The second-order valence-electron chi connectivity index (χ2n) is 5.60. The predicted molar refractivity (Wildman–Crippen MR) is 92.3 cm³/mol. The summed E-state index contributed by atoms with van der Waals surface area (Å²) in [5.74, 6) is 0.871. The maximum atomic E-state index is 12.3. The maximum absolute atomic E-state index is 12.3. The van der Waals surface area contributed by atoms with E-state index < -0.39 is 0 Å². The first-order valence-corrected chi connectivity index (χ1v) is 8.81. The van der Waals surface area contributed by atoms with Gasteiger partial charge in [-0.1, -0.05) is 31.4 Å². The van der Waals surface area contributed by atoms with Gasteiger partial charge in [-0.25, -0.2) is 0 Å². The highest BCUT2D eigenvalue weighted by Gasteiger charge is 2.22. The number of hydrogen-bond donors (Lipinski definition) is 1. The molecule has 1 fully saturated rings. The van der Waals surface area contributed by atoms with Crippen LogP contribution in [-0.2, 0) is 0 Å². The van der Waals surface area contributed by atoms with Gasteiger partial charge in [-0.05, 0) is 72.4 Å². The number of benzene rings is 1. The molecule has 1 aliphatic carbocycles. The van der Waals surface area contributed by atoms with Gasteiger partial charge in [0.05, 0.1) is 5.56 Å². The molecule has 1 saturated carbocycles. The van der Waals surface area contributed by atoms with Crippen LogP contribution in [0.25, 0.3) is 0 Å². The maximum Gasteiger partial charge on any atom is 0.252 e. The molecular formula is C16H21ClINO. The summed E-state index contributed by atoms with van der Waals surface area (Å²) in [5, 5.41) is 3.78. The van der Waals surface area contributed by atoms with Crippen molar-refractivity contribution in [1.82, 2.24) is 5.32 Å². The summed E-state index contributed by atoms with van der Waals surface area (Å²) in [6, 6.07) is 5.78. The molecule has 0 bridgehead atoms. The first-order chi connectivity index (χ1) is 9.60. The normalized spacial score (nSPS) is 22.6. The van der Waals surface area contributed by atoms with E-state index in [0.717, 1.165) is 22.3 Å². The lowest BCUT2D eigenvalue weighted by molar-refractivity contribution is 0.0920. The van der Waals surface area contributed by atoms with Gasteiger partial charge in [0.2, 0.25) is 0 Å². The molecule has 1 amide bonds. The second-order valence-corrected chi connectivity index (χ2v) is 7.20. The van der Waals surface area contributed by atoms with Gasteiger partial charge < -0.3 is 5.32 Å². The smallest absolute Gasteiger partial charge is 0.252 e. The van der Waals surface area contributed by atoms with Crippen LogP contribution >= 0.6 is 34.2 Å². The van der Waals surface area contributed by atoms with E-state index in [1.54, 1.807) is 6.07 Å². The van der Waals surface area contributed by atoms with Gasteiger partial charge in [0.15, 0.2) is 0 Å². The molecule has 0 aromatic heterocycles. The van der Waals surface area contributed by atoms with Crippen LogP contribution in [0.1, 0.15) is 55.8 Å². The third kappa shape index (κ3) is 4.35. The minimum absolute atomic E-state index is 0.0100. The lowest BCUT2D eigenvalue weighted by Gasteiger charge is -2.29. The Labute approximate surface area is 139 Å². The highest BCUT2D eigenvalue weighted by atomic mass is 127. The molecule has 0 aliphatic heterocycles. The number of nitrogens with one attached hydrogen (secondary N) is 1. The molecule has 0 radical (unpaired) electrons. The largest absolute Gasteiger partial charge is 0.349 e. The lowest BCUT2D eigenvalue weighted by atomic mass is 9.83. The topological polar surface area (TPSA) is 29.1 Å². The van der Waals surface area contributed by atoms with Crippen LogP contribution in [-0.4, -0.2) is 11.9 Å². The first-order valence-electron chi connectivity index (χ1n) is 7.36. The molecule has 2 rings (SSSR count). The van der Waals surface area contributed by atoms with Crippen LogP contribution in [0.4, 0.5) is 0 Å². The SMILES string of the molecule is CCCC1CCC(NC(=O)c2cc(Cl)ccc2I)CC1. The first kappa shape index (κ1) is 16.1. The molecule has 0 atom stereocenters. The van der Waals surface area contributed by atoms with Gasteiger partial charge in [0, 0.05) is 14.6 Å². The van der Waals surface area contributed by atoms with Gasteiger partial charge in [0.25, 0.3) is 5.91 Å². The van der Waals surface area contributed by atoms with E-state index in [1.165, 1.54) is 25.7 Å². The molecule has 0 spiro atoms. The molecule has 0 unspecified atom stereocenters. The van der Waals surface area contributed by atoms with Gasteiger partial charge in [-0.3, -0.25) is 4.79 Å². The number of carbonyl (C=O) groups is 1. The van der Waals surface area contributed by atoms with Crippen molar-refractivity contribution in [3.05, 3.63) is 32.4 Å². The number of amides is 1. The highest BCUT2D eigenvalue weighted by Crippen LogP contribution is 2.28. The van der Waals surface area contributed by atoms with Gasteiger partial charge in [-0.15, -0.1) is 0 Å². The van der Waals surface area contributed by atoms with Crippen molar-refractivity contribution in [3.63, 3.8) is 0 Å². The quantitative estimate of drug-likeness (QED) is 0.699. The van der Waals surface area contributed by atoms with Crippen molar-refractivity contribution >= 4 is 40.1 Å². The summed E-state index contributed by atoms with van der Waals surface area (Å²) >= 11 is 8.16. The Morgan fingerprint density at radius 1 is 1.35 bits per heavy atom. The van der Waals surface area contributed by atoms with Crippen LogP contribution < -0.4 is 5.32 Å². The zero-order valence-corrected chi connectivity index (χ0v) is 14.7. The molecule has 1 aromatic carbocycles. The Bertz CT molecular complexity index is 470. The van der Waals surface area contributed by atoms with Crippen LogP contribution in [0.5, 0.6) is 0 Å². The van der Waals surface area contributed by atoms with E-state index in [0.29, 0.717) is 16.6 Å². The summed E-state index contributed by atoms with van der Waals surface area (Å²) in [7, 11) is 0. The molecule has 0 heterocycles. The number of carbonyl (C=O) groups excluding carboxylic acids is 1. The number of halogens is 2. The van der Waals surface area contributed by atoms with Crippen molar-refractivity contribution in [1.29, 1.82) is 0 Å². The van der Waals surface area contributed by atoms with Gasteiger partial charge >= 0.3 is 0 Å². The van der Waals surface area contributed by atoms with Crippen LogP contribution in [0.15, 0.2) is 18.2 Å². The fourth-order valence-corrected chi connectivity index (χ4v) is 3.69. The summed E-state index contributed by atoms with van der Waals surface area (Å²) in [6.45, 7) is 2.24. The van der Waals surface area contributed by atoms with E-state index in [9.17, 15) is 4.79 Å². The Morgan fingerprint density at radius 3 is 2.70 bits per heavy atom. The molecule has 4 heteroatoms. The Balaban J connectivity index is 1.91. The highest BCUT2D eigenvalue weighted by molar-refractivity contribution is 14.1. The van der Waals surface area contributed by atoms with Gasteiger partial charge in [0.1, 0.15) is 0 Å². The van der Waals surface area contributed by atoms with Crippen LogP contribution in [0.2, 0.25) is 5.02 Å². The van der Waals surface area contributed by atoms with Crippen molar-refractivity contribution in [2.24, 2.45) is 5.92 Å². The Kier molecular flexibility index (Phi) is 6.15.